The van der Waals surface area contributed by atoms with Crippen LogP contribution in [0.3, 0.4) is 0 Å². The first-order valence-corrected chi connectivity index (χ1v) is 5.77. The molecular formula is C14H10N2O3. The smallest absolute Gasteiger partial charge is 0.266 e. The Kier molecular flexibility index (Phi) is 2.81. The SMILES string of the molecule is O=C1c2ccccc2C(=O)N1OCc1ccncc1. The Labute approximate surface area is 109 Å². The van der Waals surface area contributed by atoms with Gasteiger partial charge in [-0.05, 0) is 29.8 Å². The maximum atomic E-state index is 12.0. The van der Waals surface area contributed by atoms with Crippen LogP contribution >= 0.6 is 0 Å². The first-order chi connectivity index (χ1) is 9.27. The number of hydrogen-bond donors (Lipinski definition) is 0. The van der Waals surface area contributed by atoms with Crippen LogP contribution in [-0.2, 0) is 11.4 Å². The third kappa shape index (κ3) is 2.00. The molecule has 0 N–H and O–H groups in total. The van der Waals surface area contributed by atoms with Crippen LogP contribution in [0.25, 0.3) is 0 Å². The van der Waals surface area contributed by atoms with Crippen LogP contribution in [0.4, 0.5) is 0 Å². The van der Waals surface area contributed by atoms with Crippen molar-refractivity contribution in [2.75, 3.05) is 0 Å². The minimum atomic E-state index is -0.422. The van der Waals surface area contributed by atoms with Crippen molar-refractivity contribution in [1.82, 2.24) is 10.0 Å². The van der Waals surface area contributed by atoms with Crippen molar-refractivity contribution in [1.29, 1.82) is 0 Å². The van der Waals surface area contributed by atoms with E-state index in [4.69, 9.17) is 4.84 Å². The van der Waals surface area contributed by atoms with E-state index in [2.05, 4.69) is 4.98 Å². The molecule has 3 rings (SSSR count). The molecule has 2 heterocycles. The van der Waals surface area contributed by atoms with Crippen LogP contribution in [0.1, 0.15) is 26.3 Å². The number of fused-ring (bicyclic) bond motifs is 1. The van der Waals surface area contributed by atoms with Gasteiger partial charge in [-0.2, -0.15) is 0 Å². The van der Waals surface area contributed by atoms with Gasteiger partial charge in [0.1, 0.15) is 6.61 Å². The van der Waals surface area contributed by atoms with Gasteiger partial charge in [0, 0.05) is 12.4 Å². The zero-order chi connectivity index (χ0) is 13.2. The second-order valence-electron chi connectivity index (χ2n) is 4.08. The zero-order valence-electron chi connectivity index (χ0n) is 9.95. The van der Waals surface area contributed by atoms with Gasteiger partial charge < -0.3 is 0 Å². The van der Waals surface area contributed by atoms with Crippen LogP contribution in [0.15, 0.2) is 48.8 Å². The summed E-state index contributed by atoms with van der Waals surface area (Å²) in [5.74, 6) is -0.843. The van der Waals surface area contributed by atoms with Crippen LogP contribution in [0.5, 0.6) is 0 Å². The Morgan fingerprint density at radius 1 is 0.947 bits per heavy atom. The van der Waals surface area contributed by atoms with Gasteiger partial charge in [0.05, 0.1) is 11.1 Å². The molecule has 0 aliphatic carbocycles. The summed E-state index contributed by atoms with van der Waals surface area (Å²) in [7, 11) is 0. The van der Waals surface area contributed by atoms with Gasteiger partial charge in [0.15, 0.2) is 0 Å². The minimum Gasteiger partial charge on any atom is -0.266 e. The van der Waals surface area contributed by atoms with Gasteiger partial charge in [-0.1, -0.05) is 12.1 Å². The van der Waals surface area contributed by atoms with Gasteiger partial charge in [-0.15, -0.1) is 5.06 Å². The van der Waals surface area contributed by atoms with Crippen molar-refractivity contribution in [3.05, 3.63) is 65.5 Å². The number of amides is 2. The van der Waals surface area contributed by atoms with E-state index in [0.717, 1.165) is 10.6 Å². The lowest BCUT2D eigenvalue weighted by molar-refractivity contribution is -0.101. The molecule has 0 spiro atoms. The summed E-state index contributed by atoms with van der Waals surface area (Å²) in [5.41, 5.74) is 1.59. The van der Waals surface area contributed by atoms with E-state index in [-0.39, 0.29) is 6.61 Å². The van der Waals surface area contributed by atoms with Crippen molar-refractivity contribution < 1.29 is 14.4 Å². The van der Waals surface area contributed by atoms with Crippen molar-refractivity contribution in [2.45, 2.75) is 6.61 Å². The van der Waals surface area contributed by atoms with E-state index in [1.807, 2.05) is 0 Å². The van der Waals surface area contributed by atoms with E-state index in [0.29, 0.717) is 11.1 Å². The molecule has 0 saturated carbocycles. The predicted octanol–water partition coefficient (Wildman–Crippen LogP) is 1.81. The minimum absolute atomic E-state index is 0.147. The number of pyridine rings is 1. The molecule has 1 aliphatic heterocycles. The average Bonchev–Trinajstić information content (AvgIpc) is 2.71. The normalized spacial score (nSPS) is 13.8. The number of hydroxylamine groups is 2. The lowest BCUT2D eigenvalue weighted by atomic mass is 10.1. The fourth-order valence-corrected chi connectivity index (χ4v) is 1.90. The van der Waals surface area contributed by atoms with E-state index >= 15 is 0 Å². The number of imide groups is 1. The van der Waals surface area contributed by atoms with Crippen LogP contribution in [0.2, 0.25) is 0 Å². The Morgan fingerprint density at radius 3 is 2.11 bits per heavy atom. The van der Waals surface area contributed by atoms with Gasteiger partial charge in [-0.3, -0.25) is 19.4 Å². The highest BCUT2D eigenvalue weighted by molar-refractivity contribution is 6.20. The molecule has 2 amide bonds. The molecule has 0 radical (unpaired) electrons. The van der Waals surface area contributed by atoms with Crippen LogP contribution in [-0.4, -0.2) is 21.9 Å². The number of nitrogens with zero attached hydrogens (tertiary/aromatic N) is 2. The summed E-state index contributed by atoms with van der Waals surface area (Å²) in [4.78, 5) is 33.2. The monoisotopic (exact) mass is 254 g/mol. The molecule has 19 heavy (non-hydrogen) atoms. The highest BCUT2D eigenvalue weighted by atomic mass is 16.7. The van der Waals surface area contributed by atoms with Gasteiger partial charge >= 0.3 is 0 Å². The third-order valence-corrected chi connectivity index (χ3v) is 2.87. The fourth-order valence-electron chi connectivity index (χ4n) is 1.90. The van der Waals surface area contributed by atoms with E-state index in [9.17, 15) is 9.59 Å². The second-order valence-corrected chi connectivity index (χ2v) is 4.08. The maximum absolute atomic E-state index is 12.0. The number of rotatable bonds is 3. The number of benzene rings is 1. The summed E-state index contributed by atoms with van der Waals surface area (Å²) in [5, 5.41) is 0.811. The van der Waals surface area contributed by atoms with Crippen molar-refractivity contribution in [3.8, 4) is 0 Å². The average molecular weight is 254 g/mol. The maximum Gasteiger partial charge on any atom is 0.285 e. The molecule has 0 atom stereocenters. The molecule has 5 nitrogen and oxygen atoms in total. The van der Waals surface area contributed by atoms with Gasteiger partial charge in [0.2, 0.25) is 0 Å². The first-order valence-electron chi connectivity index (χ1n) is 5.77. The first kappa shape index (κ1) is 11.6. The highest BCUT2D eigenvalue weighted by Gasteiger charge is 2.36. The van der Waals surface area contributed by atoms with Crippen molar-refractivity contribution >= 4 is 11.8 Å². The molecule has 0 bridgehead atoms. The van der Waals surface area contributed by atoms with E-state index in [1.165, 1.54) is 0 Å². The Morgan fingerprint density at radius 2 is 1.53 bits per heavy atom. The highest BCUT2D eigenvalue weighted by Crippen LogP contribution is 2.23. The van der Waals surface area contributed by atoms with Crippen molar-refractivity contribution in [3.63, 3.8) is 0 Å². The molecular weight excluding hydrogens is 244 g/mol. The second kappa shape index (κ2) is 4.62. The summed E-state index contributed by atoms with van der Waals surface area (Å²) in [6, 6.07) is 10.2. The van der Waals surface area contributed by atoms with E-state index < -0.39 is 11.8 Å². The summed E-state index contributed by atoms with van der Waals surface area (Å²) < 4.78 is 0. The molecule has 94 valence electrons. The molecule has 0 fully saturated rings. The molecule has 1 aromatic heterocycles. The van der Waals surface area contributed by atoms with Gasteiger partial charge in [-0.25, -0.2) is 0 Å². The van der Waals surface area contributed by atoms with Crippen LogP contribution < -0.4 is 0 Å². The lowest BCUT2D eigenvalue weighted by Gasteiger charge is -2.13. The lowest BCUT2D eigenvalue weighted by Crippen LogP contribution is -2.29. The number of carbonyl (C=O) groups is 2. The summed E-state index contributed by atoms with van der Waals surface area (Å²) in [6.45, 7) is 0.147. The molecule has 1 aromatic carbocycles. The van der Waals surface area contributed by atoms with Crippen LogP contribution in [0, 0.1) is 0 Å². The number of aromatic nitrogens is 1. The molecule has 0 unspecified atom stereocenters. The van der Waals surface area contributed by atoms with E-state index in [1.54, 1.807) is 48.8 Å². The Balaban J connectivity index is 1.78. The predicted molar refractivity (Wildman–Crippen MR) is 66.0 cm³/mol. The fraction of sp³-hybridized carbons (Fsp3) is 0.0714. The zero-order valence-corrected chi connectivity index (χ0v) is 9.95. The Bertz CT molecular complexity index is 605. The molecule has 2 aromatic rings. The quantitative estimate of drug-likeness (QED) is 0.784. The molecule has 5 heteroatoms. The Hall–Kier alpha value is -2.53. The largest absolute Gasteiger partial charge is 0.285 e. The summed E-state index contributed by atoms with van der Waals surface area (Å²) in [6.07, 6.45) is 3.25. The van der Waals surface area contributed by atoms with Gasteiger partial charge in [0.25, 0.3) is 11.8 Å². The number of carbonyl (C=O) groups excluding carboxylic acids is 2. The molecule has 1 aliphatic rings. The standard InChI is InChI=1S/C14H10N2O3/c17-13-11-3-1-2-4-12(11)14(18)16(13)19-9-10-5-7-15-8-6-10/h1-8H,9H2. The summed E-state index contributed by atoms with van der Waals surface area (Å²) >= 11 is 0. The number of hydrogen-bond acceptors (Lipinski definition) is 4. The molecule has 0 saturated heterocycles. The third-order valence-electron chi connectivity index (χ3n) is 2.87. The van der Waals surface area contributed by atoms with Crippen molar-refractivity contribution in [2.24, 2.45) is 0 Å². The topological polar surface area (TPSA) is 59.5 Å².